The molecule has 0 spiro atoms. The van der Waals surface area contributed by atoms with Gasteiger partial charge in [0.05, 0.1) is 0 Å². The Hall–Kier alpha value is 4.83. The Kier molecular flexibility index (Phi) is 60.2. The summed E-state index contributed by atoms with van der Waals surface area (Å²) >= 11 is 0. The molecule has 0 heterocycles. The van der Waals surface area contributed by atoms with Gasteiger partial charge in [0.1, 0.15) is 0 Å². The third-order valence-electron chi connectivity index (χ3n) is 0. The van der Waals surface area contributed by atoms with Crippen LogP contribution in [-0.4, -0.2) is 18.1 Å². The Morgan fingerprint density at radius 1 is 0.400 bits per heavy atom. The summed E-state index contributed by atoms with van der Waals surface area (Å²) in [5.41, 5.74) is 0. The second-order valence-electron chi connectivity index (χ2n) is 1.00. The zero-order valence-electron chi connectivity index (χ0n) is 8.77. The molecule has 0 saturated heterocycles. The van der Waals surface area contributed by atoms with Crippen LogP contribution in [-0.2, 0) is 21.7 Å². The van der Waals surface area contributed by atoms with E-state index in [1.165, 1.54) is 0 Å². The third-order valence-corrected chi connectivity index (χ3v) is 0. The van der Waals surface area contributed by atoms with Crippen molar-refractivity contribution < 1.29 is 178 Å². The van der Waals surface area contributed by atoms with Crippen molar-refractivity contribution >= 4 is 18.1 Å². The molecule has 0 aliphatic heterocycles. The molecule has 0 saturated carbocycles. The molecular formula is Na4O8Si2Ti-4. The van der Waals surface area contributed by atoms with E-state index in [1.54, 1.807) is 0 Å². The van der Waals surface area contributed by atoms with E-state index >= 15 is 0 Å². The van der Waals surface area contributed by atoms with Crippen LogP contribution in [0.5, 0.6) is 0 Å². The smallest absolute Gasteiger partial charge is 0.894 e. The maximum Gasteiger partial charge on any atom is 1.00 e. The molecule has 0 atom stereocenters. The van der Waals surface area contributed by atoms with E-state index in [0.29, 0.717) is 0 Å². The summed E-state index contributed by atoms with van der Waals surface area (Å²) in [6.07, 6.45) is 0. The molecule has 0 aliphatic carbocycles. The van der Waals surface area contributed by atoms with Crippen LogP contribution in [0.25, 0.3) is 0 Å². The monoisotopic (exact) mass is 324 g/mol. The summed E-state index contributed by atoms with van der Waals surface area (Å²) in [6, 6.07) is 0. The summed E-state index contributed by atoms with van der Waals surface area (Å²) in [5.74, 6) is 0. The molecule has 68 valence electrons. The van der Waals surface area contributed by atoms with Gasteiger partial charge in [-0.1, -0.05) is 0 Å². The standard InChI is InChI=1S/4Na.2O4Si.Ti/c;;;;2*1-5(2,3)4;/q4*+1;2*-4;. The third kappa shape index (κ3) is 229. The minimum atomic E-state index is -5.61. The topological polar surface area (TPSA) is 184 Å². The Morgan fingerprint density at radius 3 is 0.400 bits per heavy atom. The summed E-state index contributed by atoms with van der Waals surface area (Å²) in [5, 5.41) is 0. The first-order valence-corrected chi connectivity index (χ1v) is 4.90. The zero-order valence-corrected chi connectivity index (χ0v) is 20.3. The average Bonchev–Trinajstić information content (AvgIpc) is 1.12. The molecule has 0 aromatic carbocycles. The molecule has 0 aromatic heterocycles. The number of rotatable bonds is 0. The fourth-order valence-corrected chi connectivity index (χ4v) is 0. The molecular weight excluding hydrogens is 324 g/mol. The maximum absolute atomic E-state index is 8.58. The van der Waals surface area contributed by atoms with Gasteiger partial charge < -0.3 is 56.5 Å². The van der Waals surface area contributed by atoms with Crippen molar-refractivity contribution in [2.75, 3.05) is 0 Å². The van der Waals surface area contributed by atoms with Gasteiger partial charge in [-0.15, -0.1) is 0 Å². The second kappa shape index (κ2) is 21.1. The van der Waals surface area contributed by atoms with Gasteiger partial charge in [0.15, 0.2) is 0 Å². The number of hydrogen-bond donors (Lipinski definition) is 0. The van der Waals surface area contributed by atoms with Gasteiger partial charge >= 0.3 is 118 Å². The molecule has 0 rings (SSSR count). The molecule has 0 amide bonds. The van der Waals surface area contributed by atoms with Gasteiger partial charge in [0.25, 0.3) is 0 Å². The molecule has 15 heteroatoms. The summed E-state index contributed by atoms with van der Waals surface area (Å²) in [4.78, 5) is 68.6. The van der Waals surface area contributed by atoms with Gasteiger partial charge in [-0.25, -0.2) is 0 Å². The van der Waals surface area contributed by atoms with E-state index < -0.39 is 18.1 Å². The number of hydrogen-bond acceptors (Lipinski definition) is 8. The van der Waals surface area contributed by atoms with Gasteiger partial charge in [-0.2, -0.15) is 0 Å². The predicted octanol–water partition coefficient (Wildman–Crippen LogP) is -22.3. The minimum Gasteiger partial charge on any atom is -0.894 e. The van der Waals surface area contributed by atoms with Gasteiger partial charge in [0.2, 0.25) is 0 Å². The Morgan fingerprint density at radius 2 is 0.400 bits per heavy atom. The van der Waals surface area contributed by atoms with E-state index in [2.05, 4.69) is 0 Å². The fourth-order valence-electron chi connectivity index (χ4n) is 0. The van der Waals surface area contributed by atoms with Crippen molar-refractivity contribution in [3.05, 3.63) is 0 Å². The van der Waals surface area contributed by atoms with Crippen molar-refractivity contribution in [1.82, 2.24) is 0 Å². The summed E-state index contributed by atoms with van der Waals surface area (Å²) in [6.45, 7) is 0. The summed E-state index contributed by atoms with van der Waals surface area (Å²) < 4.78 is 0. The molecule has 0 bridgehead atoms. The van der Waals surface area contributed by atoms with E-state index in [1.807, 2.05) is 0 Å². The first-order valence-electron chi connectivity index (χ1n) is 1.63. The second-order valence-corrected chi connectivity index (χ2v) is 3.00. The van der Waals surface area contributed by atoms with Crippen molar-refractivity contribution in [3.63, 3.8) is 0 Å². The molecule has 8 nitrogen and oxygen atoms in total. The molecule has 0 N–H and O–H groups in total. The zero-order chi connectivity index (χ0) is 9.00. The van der Waals surface area contributed by atoms with Gasteiger partial charge in [0, 0.05) is 21.7 Å². The fraction of sp³-hybridized carbons (Fsp3) is 0. The molecule has 0 unspecified atom stereocenters. The SMILES string of the molecule is [Na+].[Na+].[Na+].[Na+].[O-][Si]([O-])([O-])[O-].[O-][Si]([O-])([O-])[O-].[Ti]. The van der Waals surface area contributed by atoms with Crippen LogP contribution >= 0.6 is 0 Å². The Labute approximate surface area is 192 Å². The molecule has 0 fully saturated rings. The Bertz CT molecular complexity index is 67.6. The molecule has 0 aliphatic rings. The normalized spacial score (nSPS) is 8.00. The van der Waals surface area contributed by atoms with Crippen LogP contribution in [0.2, 0.25) is 0 Å². The van der Waals surface area contributed by atoms with Gasteiger partial charge in [-0.05, 0) is 0 Å². The first-order chi connectivity index (χ1) is 4.00. The molecule has 0 aromatic rings. The maximum atomic E-state index is 8.58. The van der Waals surface area contributed by atoms with E-state index in [4.69, 9.17) is 38.4 Å². The van der Waals surface area contributed by atoms with Crippen molar-refractivity contribution in [3.8, 4) is 0 Å². The average molecular weight is 324 g/mol. The summed E-state index contributed by atoms with van der Waals surface area (Å²) in [7, 11) is -11.2. The first kappa shape index (κ1) is 42.7. The van der Waals surface area contributed by atoms with E-state index in [9.17, 15) is 0 Å². The minimum absolute atomic E-state index is 0. The molecule has 15 heavy (non-hydrogen) atoms. The van der Waals surface area contributed by atoms with Crippen LogP contribution in [0.4, 0.5) is 0 Å². The van der Waals surface area contributed by atoms with Crippen molar-refractivity contribution in [1.29, 1.82) is 0 Å². The van der Waals surface area contributed by atoms with E-state index in [0.717, 1.165) is 0 Å². The van der Waals surface area contributed by atoms with Crippen molar-refractivity contribution in [2.24, 2.45) is 0 Å². The van der Waals surface area contributed by atoms with Crippen molar-refractivity contribution in [2.45, 2.75) is 0 Å². The van der Waals surface area contributed by atoms with Crippen LogP contribution in [0.15, 0.2) is 0 Å². The van der Waals surface area contributed by atoms with Gasteiger partial charge in [-0.3, -0.25) is 0 Å². The van der Waals surface area contributed by atoms with Crippen LogP contribution in [0.3, 0.4) is 0 Å². The quantitative estimate of drug-likeness (QED) is 0.393. The van der Waals surface area contributed by atoms with Crippen LogP contribution in [0.1, 0.15) is 0 Å². The van der Waals surface area contributed by atoms with Crippen LogP contribution < -0.4 is 157 Å². The largest absolute Gasteiger partial charge is 1.00 e. The van der Waals surface area contributed by atoms with Crippen LogP contribution in [0, 0.1) is 0 Å². The Balaban J connectivity index is -0.0000000128. The van der Waals surface area contributed by atoms with E-state index in [-0.39, 0.29) is 140 Å². The molecule has 0 radical (unpaired) electrons. The predicted molar refractivity (Wildman–Crippen MR) is 11.5 cm³/mol.